The van der Waals surface area contributed by atoms with Crippen LogP contribution >= 0.6 is 0 Å². The molecule has 4 aliphatic carbocycles. The van der Waals surface area contributed by atoms with Crippen molar-refractivity contribution in [1.82, 2.24) is 10.2 Å². The average Bonchev–Trinajstić information content (AvgIpc) is 2.76. The van der Waals surface area contributed by atoms with Crippen LogP contribution in [0.2, 0.25) is 0 Å². The highest BCUT2D eigenvalue weighted by Crippen LogP contribution is 2.59. The summed E-state index contributed by atoms with van der Waals surface area (Å²) in [5.74, 6) is 10.8. The molecular weight excluding hydrogens is 212 g/mol. The number of nitrogen functional groups attached to an aromatic ring is 1. The van der Waals surface area contributed by atoms with E-state index in [1.54, 1.807) is 0 Å². The van der Waals surface area contributed by atoms with E-state index in [1.807, 2.05) is 0 Å². The van der Waals surface area contributed by atoms with Crippen molar-refractivity contribution in [1.29, 1.82) is 0 Å². The molecule has 4 bridgehead atoms. The molecule has 5 rings (SSSR count). The minimum atomic E-state index is 0.720. The Hall–Kier alpha value is -1.03. The zero-order valence-electron chi connectivity index (χ0n) is 10.0. The minimum absolute atomic E-state index is 0.720. The van der Waals surface area contributed by atoms with Crippen LogP contribution in [-0.4, -0.2) is 10.2 Å². The maximum atomic E-state index is 5.41. The lowest BCUT2D eigenvalue weighted by molar-refractivity contribution is -0.00416. The van der Waals surface area contributed by atoms with Gasteiger partial charge in [0.1, 0.15) is 0 Å². The Morgan fingerprint density at radius 1 is 1.12 bits per heavy atom. The maximum Gasteiger partial charge on any atom is 0.162 e. The number of hydrogen-bond donors (Lipinski definition) is 3. The lowest BCUT2D eigenvalue weighted by atomic mass is 9.51. The number of aromatic nitrogens is 2. The van der Waals surface area contributed by atoms with E-state index in [0.29, 0.717) is 0 Å². The Balaban J connectivity index is 1.65. The van der Waals surface area contributed by atoms with E-state index in [2.05, 4.69) is 21.7 Å². The van der Waals surface area contributed by atoms with Crippen molar-refractivity contribution < 1.29 is 0 Å². The van der Waals surface area contributed by atoms with Crippen LogP contribution in [0.15, 0.2) is 6.07 Å². The molecule has 0 unspecified atom stereocenters. The Morgan fingerprint density at radius 2 is 1.76 bits per heavy atom. The average molecular weight is 232 g/mol. The van der Waals surface area contributed by atoms with Crippen molar-refractivity contribution in [3.8, 4) is 0 Å². The Kier molecular flexibility index (Phi) is 2.04. The van der Waals surface area contributed by atoms with Crippen LogP contribution in [0.5, 0.6) is 0 Å². The van der Waals surface area contributed by atoms with Crippen molar-refractivity contribution in [3.05, 3.63) is 11.8 Å². The van der Waals surface area contributed by atoms with E-state index < -0.39 is 0 Å². The Labute approximate surface area is 101 Å². The zero-order valence-corrected chi connectivity index (χ0v) is 10.0. The summed E-state index contributed by atoms with van der Waals surface area (Å²) in [7, 11) is 0. The summed E-state index contributed by atoms with van der Waals surface area (Å²) in [4.78, 5) is 0. The molecule has 4 fully saturated rings. The summed E-state index contributed by atoms with van der Waals surface area (Å²) < 4.78 is 0. The fourth-order valence-electron chi connectivity index (χ4n) is 5.01. The molecule has 0 spiro atoms. The fourth-order valence-corrected chi connectivity index (χ4v) is 5.01. The summed E-state index contributed by atoms with van der Waals surface area (Å²) >= 11 is 0. The van der Waals surface area contributed by atoms with Gasteiger partial charge in [0.25, 0.3) is 0 Å². The standard InChI is InChI=1S/C13H20N4/c14-15-12-6-11(16-17-12)13-9-2-7-1-8(4-9)5-10(13)3-7/h6-10,13H,1-5,14H2,(H2,15,16,17). The second-order valence-electron chi connectivity index (χ2n) is 6.31. The van der Waals surface area contributed by atoms with Gasteiger partial charge in [-0.2, -0.15) is 5.10 Å². The third-order valence-corrected chi connectivity index (χ3v) is 5.33. The predicted octanol–water partition coefficient (Wildman–Crippen LogP) is 2.24. The molecule has 4 nitrogen and oxygen atoms in total. The van der Waals surface area contributed by atoms with Gasteiger partial charge in [0.2, 0.25) is 0 Å². The molecule has 4 saturated carbocycles. The van der Waals surface area contributed by atoms with Gasteiger partial charge in [0, 0.05) is 17.7 Å². The lowest BCUT2D eigenvalue weighted by Crippen LogP contribution is -2.43. The van der Waals surface area contributed by atoms with Crippen LogP contribution in [0.1, 0.15) is 43.7 Å². The molecule has 0 saturated heterocycles. The van der Waals surface area contributed by atoms with Crippen molar-refractivity contribution in [3.63, 3.8) is 0 Å². The molecule has 0 radical (unpaired) electrons. The molecule has 4 aliphatic rings. The van der Waals surface area contributed by atoms with Gasteiger partial charge in [-0.1, -0.05) is 0 Å². The number of hydrogen-bond acceptors (Lipinski definition) is 3. The smallest absolute Gasteiger partial charge is 0.162 e. The van der Waals surface area contributed by atoms with Crippen LogP contribution in [0, 0.1) is 23.7 Å². The molecule has 92 valence electrons. The number of nitrogens with one attached hydrogen (secondary N) is 2. The highest BCUT2D eigenvalue weighted by molar-refractivity contribution is 5.35. The number of H-pyrrole nitrogens is 1. The van der Waals surface area contributed by atoms with E-state index in [9.17, 15) is 0 Å². The van der Waals surface area contributed by atoms with Crippen LogP contribution in [0.3, 0.4) is 0 Å². The van der Waals surface area contributed by atoms with E-state index in [0.717, 1.165) is 35.4 Å². The molecule has 0 amide bonds. The summed E-state index contributed by atoms with van der Waals surface area (Å²) in [5, 5.41) is 7.40. The molecule has 1 aromatic heterocycles. The first kappa shape index (κ1) is 9.95. The monoisotopic (exact) mass is 232 g/mol. The first-order valence-corrected chi connectivity index (χ1v) is 6.85. The Bertz CT molecular complexity index is 397. The normalized spacial score (nSPS) is 43.0. The van der Waals surface area contributed by atoms with E-state index in [-0.39, 0.29) is 0 Å². The summed E-state index contributed by atoms with van der Waals surface area (Å²) in [6.07, 6.45) is 7.30. The first-order chi connectivity index (χ1) is 8.33. The van der Waals surface area contributed by atoms with Crippen LogP contribution in [0.25, 0.3) is 0 Å². The van der Waals surface area contributed by atoms with Crippen molar-refractivity contribution in [2.75, 3.05) is 5.43 Å². The maximum absolute atomic E-state index is 5.41. The minimum Gasteiger partial charge on any atom is -0.307 e. The number of nitrogens with two attached hydrogens (primary N) is 1. The van der Waals surface area contributed by atoms with Crippen LogP contribution in [-0.2, 0) is 0 Å². The number of nitrogens with zero attached hydrogens (tertiary/aromatic N) is 1. The predicted molar refractivity (Wildman–Crippen MR) is 66.2 cm³/mol. The van der Waals surface area contributed by atoms with E-state index in [1.165, 1.54) is 37.8 Å². The van der Waals surface area contributed by atoms with Gasteiger partial charge >= 0.3 is 0 Å². The SMILES string of the molecule is NNc1cc(C2C3CC4CC(C3)CC2C4)[nH]n1. The number of aromatic amines is 1. The van der Waals surface area contributed by atoms with Crippen molar-refractivity contribution in [2.45, 2.75) is 38.0 Å². The second kappa shape index (κ2) is 3.48. The molecular formula is C13H20N4. The van der Waals surface area contributed by atoms with E-state index in [4.69, 9.17) is 5.84 Å². The van der Waals surface area contributed by atoms with Gasteiger partial charge in [-0.15, -0.1) is 0 Å². The lowest BCUT2D eigenvalue weighted by Gasteiger charge is -2.54. The first-order valence-electron chi connectivity index (χ1n) is 6.85. The van der Waals surface area contributed by atoms with Crippen LogP contribution < -0.4 is 11.3 Å². The fraction of sp³-hybridized carbons (Fsp3) is 0.769. The van der Waals surface area contributed by atoms with Gasteiger partial charge in [-0.3, -0.25) is 5.10 Å². The highest BCUT2D eigenvalue weighted by Gasteiger charge is 2.49. The molecule has 0 aliphatic heterocycles. The molecule has 4 heteroatoms. The number of rotatable bonds is 2. The largest absolute Gasteiger partial charge is 0.307 e. The van der Waals surface area contributed by atoms with Gasteiger partial charge < -0.3 is 5.43 Å². The summed E-state index contributed by atoms with van der Waals surface area (Å²) in [6.45, 7) is 0. The van der Waals surface area contributed by atoms with Crippen molar-refractivity contribution >= 4 is 5.82 Å². The summed E-state index contributed by atoms with van der Waals surface area (Å²) in [6, 6.07) is 2.10. The van der Waals surface area contributed by atoms with Gasteiger partial charge in [-0.05, 0) is 55.8 Å². The Morgan fingerprint density at radius 3 is 2.29 bits per heavy atom. The zero-order chi connectivity index (χ0) is 11.4. The van der Waals surface area contributed by atoms with Gasteiger partial charge in [-0.25, -0.2) is 5.84 Å². The van der Waals surface area contributed by atoms with E-state index >= 15 is 0 Å². The summed E-state index contributed by atoms with van der Waals surface area (Å²) in [5.41, 5.74) is 3.94. The molecule has 0 aromatic carbocycles. The van der Waals surface area contributed by atoms with Crippen LogP contribution in [0.4, 0.5) is 5.82 Å². The number of anilines is 1. The van der Waals surface area contributed by atoms with Gasteiger partial charge in [0.15, 0.2) is 5.82 Å². The quantitative estimate of drug-likeness (QED) is 0.541. The number of hydrazine groups is 1. The molecule has 0 atom stereocenters. The molecule has 4 N–H and O–H groups in total. The van der Waals surface area contributed by atoms with Gasteiger partial charge in [0.05, 0.1) is 0 Å². The third-order valence-electron chi connectivity index (χ3n) is 5.33. The third kappa shape index (κ3) is 1.43. The molecule has 1 aromatic rings. The highest BCUT2D eigenvalue weighted by atomic mass is 15.3. The second-order valence-corrected chi connectivity index (χ2v) is 6.31. The molecule has 17 heavy (non-hydrogen) atoms. The topological polar surface area (TPSA) is 66.7 Å². The molecule has 1 heterocycles. The van der Waals surface area contributed by atoms with Crippen molar-refractivity contribution in [2.24, 2.45) is 29.5 Å².